The summed E-state index contributed by atoms with van der Waals surface area (Å²) in [6.45, 7) is 1.21. The summed E-state index contributed by atoms with van der Waals surface area (Å²) in [6, 6.07) is 10.3. The van der Waals surface area contributed by atoms with Crippen LogP contribution < -0.4 is 26.1 Å². The van der Waals surface area contributed by atoms with E-state index in [2.05, 4.69) is 15.8 Å². The molecule has 2 atom stereocenters. The number of carbonyl (C=O) groups is 3. The molecule has 0 aromatic heterocycles. The van der Waals surface area contributed by atoms with Crippen LogP contribution in [-0.2, 0) is 11.2 Å². The van der Waals surface area contributed by atoms with Crippen molar-refractivity contribution in [2.45, 2.75) is 19.4 Å². The minimum atomic E-state index is -1.19. The number of nitrogen functional groups attached to an aromatic ring is 1. The lowest BCUT2D eigenvalue weighted by molar-refractivity contribution is -0.131. The van der Waals surface area contributed by atoms with Crippen molar-refractivity contribution in [3.05, 3.63) is 87.9 Å². The number of aromatic carboxylic acids is 1. The predicted molar refractivity (Wildman–Crippen MR) is 154 cm³/mol. The van der Waals surface area contributed by atoms with Gasteiger partial charge in [0.05, 0.1) is 37.7 Å². The Kier molecular flexibility index (Phi) is 9.66. The number of hydrogen-bond acceptors (Lipinski definition) is 8. The van der Waals surface area contributed by atoms with Gasteiger partial charge in [-0.15, -0.1) is 0 Å². The molecule has 4 rings (SSSR count). The molecular weight excluding hydrogens is 588 g/mol. The van der Waals surface area contributed by atoms with Gasteiger partial charge in [-0.25, -0.2) is 23.9 Å². The van der Waals surface area contributed by atoms with Crippen molar-refractivity contribution in [2.24, 2.45) is 10.9 Å². The second-order valence-electron chi connectivity index (χ2n) is 9.70. The molecule has 0 saturated carbocycles. The molecule has 0 radical (unpaired) electrons. The van der Waals surface area contributed by atoms with Crippen molar-refractivity contribution in [1.29, 1.82) is 0 Å². The van der Waals surface area contributed by atoms with Crippen LogP contribution in [0, 0.1) is 17.6 Å². The van der Waals surface area contributed by atoms with E-state index in [1.807, 2.05) is 0 Å². The fourth-order valence-electron chi connectivity index (χ4n) is 4.45. The highest BCUT2D eigenvalue weighted by Gasteiger charge is 2.34. The van der Waals surface area contributed by atoms with Crippen molar-refractivity contribution < 1.29 is 37.8 Å². The van der Waals surface area contributed by atoms with Gasteiger partial charge in [0.15, 0.2) is 11.6 Å². The van der Waals surface area contributed by atoms with Crippen molar-refractivity contribution in [1.82, 2.24) is 15.7 Å². The number of anilines is 1. The molecule has 11 nitrogen and oxygen atoms in total. The van der Waals surface area contributed by atoms with Crippen LogP contribution in [-0.4, -0.2) is 53.9 Å². The SMILES string of the molecule is COc1ccc(Cl)cc1C[C@@H]1CN=C(NOc2cc(F)cc(F)c2)CN(C(=O)NC(C)c2ccc(C(=O)O)c(N)c2)C1=O. The molecule has 0 saturated heterocycles. The fourth-order valence-corrected chi connectivity index (χ4v) is 4.65. The summed E-state index contributed by atoms with van der Waals surface area (Å²) in [4.78, 5) is 49.2. The van der Waals surface area contributed by atoms with Gasteiger partial charge in [-0.3, -0.25) is 14.7 Å². The number of methoxy groups -OCH3 is 1. The zero-order valence-corrected chi connectivity index (χ0v) is 23.8. The zero-order chi connectivity index (χ0) is 31.3. The lowest BCUT2D eigenvalue weighted by atomic mass is 9.97. The Bertz CT molecular complexity index is 1570. The van der Waals surface area contributed by atoms with Crippen molar-refractivity contribution >= 4 is 41.0 Å². The van der Waals surface area contributed by atoms with E-state index in [9.17, 15) is 28.3 Å². The van der Waals surface area contributed by atoms with Crippen LogP contribution in [0.3, 0.4) is 0 Å². The van der Waals surface area contributed by atoms with Crippen LogP contribution in [0.1, 0.15) is 34.5 Å². The lowest BCUT2D eigenvalue weighted by Crippen LogP contribution is -2.50. The van der Waals surface area contributed by atoms with Crippen molar-refractivity contribution in [2.75, 3.05) is 25.9 Å². The number of hydrogen-bond donors (Lipinski definition) is 4. The molecule has 0 spiro atoms. The predicted octanol–water partition coefficient (Wildman–Crippen LogP) is 4.36. The van der Waals surface area contributed by atoms with Crippen LogP contribution in [0.5, 0.6) is 11.5 Å². The summed E-state index contributed by atoms with van der Waals surface area (Å²) in [5.41, 5.74) is 9.39. The highest BCUT2D eigenvalue weighted by molar-refractivity contribution is 6.30. The van der Waals surface area contributed by atoms with E-state index < -0.39 is 41.5 Å². The first kappa shape index (κ1) is 31.0. The number of imide groups is 1. The number of amidine groups is 1. The van der Waals surface area contributed by atoms with E-state index in [0.717, 1.165) is 17.0 Å². The molecule has 0 fully saturated rings. The van der Waals surface area contributed by atoms with Gasteiger partial charge in [0.1, 0.15) is 17.4 Å². The number of ether oxygens (including phenoxy) is 1. The van der Waals surface area contributed by atoms with E-state index in [1.165, 1.54) is 25.3 Å². The number of nitrogens with two attached hydrogens (primary N) is 1. The highest BCUT2D eigenvalue weighted by Crippen LogP contribution is 2.27. The van der Waals surface area contributed by atoms with Gasteiger partial charge < -0.3 is 25.7 Å². The van der Waals surface area contributed by atoms with Crippen LogP contribution >= 0.6 is 11.6 Å². The summed E-state index contributed by atoms with van der Waals surface area (Å²) in [6.07, 6.45) is 0.127. The van der Waals surface area contributed by atoms with Crippen LogP contribution in [0.2, 0.25) is 5.02 Å². The maximum atomic E-state index is 13.7. The van der Waals surface area contributed by atoms with E-state index in [0.29, 0.717) is 28.0 Å². The van der Waals surface area contributed by atoms with Gasteiger partial charge in [-0.1, -0.05) is 17.7 Å². The number of benzene rings is 3. The molecule has 1 aliphatic heterocycles. The molecule has 3 amide bonds. The standard InChI is InChI=1S/C29H28ClF2N5O6/c1-15(16-3-5-23(28(39)40)24(33)9-16)35-29(41)37-14-26(36-43-22-11-20(31)10-21(32)12-22)34-13-18(27(37)38)7-17-8-19(30)4-6-25(17)42-2/h3-6,8-12,15,18H,7,13-14,33H2,1-2H3,(H,34,36)(H,35,41)(H,39,40)/t15?,18-/m1/s1. The first-order valence-electron chi connectivity index (χ1n) is 12.9. The average molecular weight is 616 g/mol. The van der Waals surface area contributed by atoms with Crippen LogP contribution in [0.15, 0.2) is 59.6 Å². The summed E-state index contributed by atoms with van der Waals surface area (Å²) < 4.78 is 32.7. The number of halogens is 3. The summed E-state index contributed by atoms with van der Waals surface area (Å²) in [5.74, 6) is -3.98. The minimum absolute atomic E-state index is 0.0111. The Labute approximate surface area is 250 Å². The third kappa shape index (κ3) is 7.68. The Hall–Kier alpha value is -4.91. The van der Waals surface area contributed by atoms with Crippen molar-refractivity contribution in [3.63, 3.8) is 0 Å². The maximum Gasteiger partial charge on any atom is 0.337 e. The molecule has 226 valence electrons. The summed E-state index contributed by atoms with van der Waals surface area (Å²) in [7, 11) is 1.48. The number of hydroxylamine groups is 1. The van der Waals surface area contributed by atoms with Gasteiger partial charge in [-0.2, -0.15) is 0 Å². The molecule has 43 heavy (non-hydrogen) atoms. The first-order chi connectivity index (χ1) is 20.4. The topological polar surface area (TPSA) is 156 Å². The van der Waals surface area contributed by atoms with Crippen molar-refractivity contribution in [3.8, 4) is 11.5 Å². The smallest absolute Gasteiger partial charge is 0.337 e. The number of rotatable bonds is 8. The minimum Gasteiger partial charge on any atom is -0.496 e. The number of aliphatic imine (C=N–C) groups is 1. The quantitative estimate of drug-likeness (QED) is 0.215. The van der Waals surface area contributed by atoms with Gasteiger partial charge in [0.25, 0.3) is 0 Å². The normalized spacial score (nSPS) is 15.7. The summed E-state index contributed by atoms with van der Waals surface area (Å²) >= 11 is 6.17. The molecule has 14 heteroatoms. The molecule has 1 heterocycles. The number of amides is 3. The van der Waals surface area contributed by atoms with Crippen LogP contribution in [0.25, 0.3) is 0 Å². The number of nitrogens with zero attached hydrogens (tertiary/aromatic N) is 2. The highest BCUT2D eigenvalue weighted by atomic mass is 35.5. The number of carbonyl (C=O) groups excluding carboxylic acids is 2. The summed E-state index contributed by atoms with van der Waals surface area (Å²) in [5, 5.41) is 12.4. The fraction of sp³-hybridized carbons (Fsp3) is 0.241. The van der Waals surface area contributed by atoms with E-state index in [1.54, 1.807) is 25.1 Å². The molecule has 1 unspecified atom stereocenters. The van der Waals surface area contributed by atoms with E-state index >= 15 is 0 Å². The lowest BCUT2D eigenvalue weighted by Gasteiger charge is -2.26. The molecule has 3 aromatic carbocycles. The third-order valence-electron chi connectivity index (χ3n) is 6.65. The first-order valence-corrected chi connectivity index (χ1v) is 13.3. The average Bonchev–Trinajstić information content (AvgIpc) is 3.10. The Morgan fingerprint density at radius 3 is 2.53 bits per heavy atom. The monoisotopic (exact) mass is 615 g/mol. The molecule has 0 bridgehead atoms. The maximum absolute atomic E-state index is 13.7. The number of urea groups is 1. The zero-order valence-electron chi connectivity index (χ0n) is 23.1. The Morgan fingerprint density at radius 1 is 1.16 bits per heavy atom. The van der Waals surface area contributed by atoms with Gasteiger partial charge in [-0.05, 0) is 54.8 Å². The molecule has 3 aromatic rings. The Balaban J connectivity index is 1.59. The number of carboxylic acid groups (broad SMARTS) is 1. The van der Waals surface area contributed by atoms with Gasteiger partial charge in [0.2, 0.25) is 5.91 Å². The second-order valence-corrected chi connectivity index (χ2v) is 10.1. The van der Waals surface area contributed by atoms with E-state index in [4.69, 9.17) is 26.9 Å². The van der Waals surface area contributed by atoms with Gasteiger partial charge >= 0.3 is 12.0 Å². The second kappa shape index (κ2) is 13.4. The molecule has 1 aliphatic rings. The number of nitrogens with one attached hydrogen (secondary N) is 2. The van der Waals surface area contributed by atoms with E-state index in [-0.39, 0.29) is 42.3 Å². The Morgan fingerprint density at radius 2 is 1.88 bits per heavy atom. The third-order valence-corrected chi connectivity index (χ3v) is 6.88. The molecule has 0 aliphatic carbocycles. The largest absolute Gasteiger partial charge is 0.496 e. The van der Waals surface area contributed by atoms with Gasteiger partial charge in [0, 0.05) is 28.9 Å². The molecule has 5 N–H and O–H groups in total. The molecular formula is C29H28ClF2N5O6. The number of carboxylic acids is 1. The van der Waals surface area contributed by atoms with Crippen LogP contribution in [0.4, 0.5) is 19.3 Å².